The highest BCUT2D eigenvalue weighted by molar-refractivity contribution is 7.47. The number of phosphoric ester groups is 2. The third kappa shape index (κ3) is 62.2. The summed E-state index contributed by atoms with van der Waals surface area (Å²) in [7, 11) is -9.90. The summed E-state index contributed by atoms with van der Waals surface area (Å²) in [5, 5.41) is 10.6. The van der Waals surface area contributed by atoms with Gasteiger partial charge in [0.2, 0.25) is 0 Å². The Morgan fingerprint density at radius 1 is 0.311 bits per heavy atom. The van der Waals surface area contributed by atoms with E-state index in [0.717, 1.165) is 120 Å². The number of carbonyl (C=O) groups excluding carboxylic acids is 4. The van der Waals surface area contributed by atoms with E-state index in [1.807, 2.05) is 0 Å². The fourth-order valence-corrected chi connectivity index (χ4v) is 12.2. The maximum Gasteiger partial charge on any atom is 0.472 e. The number of hydrogen-bond acceptors (Lipinski definition) is 15. The van der Waals surface area contributed by atoms with Gasteiger partial charge in [-0.2, -0.15) is 0 Å². The Bertz CT molecular complexity index is 1790. The molecule has 0 amide bonds. The first kappa shape index (κ1) is 88.1. The third-order valence-electron chi connectivity index (χ3n) is 17.0. The largest absolute Gasteiger partial charge is 0.472 e. The molecule has 0 rings (SSSR count). The number of phosphoric acid groups is 2. The van der Waals surface area contributed by atoms with Crippen molar-refractivity contribution in [3.63, 3.8) is 0 Å². The Balaban J connectivity index is 5.23. The lowest BCUT2D eigenvalue weighted by atomic mass is 9.99. The van der Waals surface area contributed by atoms with Gasteiger partial charge in [-0.1, -0.05) is 299 Å². The zero-order valence-electron chi connectivity index (χ0n) is 58.8. The van der Waals surface area contributed by atoms with Gasteiger partial charge in [0, 0.05) is 25.7 Å². The monoisotopic (exact) mass is 1320 g/mol. The topological polar surface area (TPSA) is 237 Å². The SMILES string of the molecule is CCC(C)CCCCCCCCCCC(=O)O[C@H](COC(=O)CCCCCCCCCC(C)C)COP(=O)(O)OCC(O)COP(=O)(O)OC[C@@H](COC(=O)CCCCCCCCC(C)CC)OC(=O)CCCCCCCCCCCCCCCCCC(C)C. The molecule has 0 aliphatic carbocycles. The summed E-state index contributed by atoms with van der Waals surface area (Å²) < 4.78 is 68.3. The van der Waals surface area contributed by atoms with E-state index in [9.17, 15) is 43.2 Å². The van der Waals surface area contributed by atoms with E-state index in [4.69, 9.17) is 37.0 Å². The highest BCUT2D eigenvalue weighted by Crippen LogP contribution is 2.45. The molecule has 0 aromatic carbocycles. The van der Waals surface area contributed by atoms with Gasteiger partial charge in [-0.25, -0.2) is 9.13 Å². The number of ether oxygens (including phenoxy) is 4. The molecule has 90 heavy (non-hydrogen) atoms. The van der Waals surface area contributed by atoms with Crippen LogP contribution in [0.2, 0.25) is 0 Å². The number of aliphatic hydroxyl groups is 1. The summed E-state index contributed by atoms with van der Waals surface area (Å²) in [4.78, 5) is 72.5. The minimum atomic E-state index is -4.95. The molecule has 0 aliphatic heterocycles. The number of unbranched alkanes of at least 4 members (excludes halogenated alkanes) is 32. The molecule has 3 N–H and O–H groups in total. The highest BCUT2D eigenvalue weighted by atomic mass is 31.2. The zero-order chi connectivity index (χ0) is 66.8. The molecule has 0 fully saturated rings. The van der Waals surface area contributed by atoms with Crippen LogP contribution >= 0.6 is 15.6 Å². The quantitative estimate of drug-likeness (QED) is 0.0222. The van der Waals surface area contributed by atoms with Gasteiger partial charge in [-0.15, -0.1) is 0 Å². The average Bonchev–Trinajstić information content (AvgIpc) is 3.65. The molecule has 17 nitrogen and oxygen atoms in total. The van der Waals surface area contributed by atoms with Gasteiger partial charge in [0.15, 0.2) is 12.2 Å². The Morgan fingerprint density at radius 3 is 0.789 bits per heavy atom. The first-order valence-electron chi connectivity index (χ1n) is 36.8. The fraction of sp³-hybridized carbons (Fsp3) is 0.944. The molecular formula is C71H138O17P2. The van der Waals surface area contributed by atoms with Crippen LogP contribution in [0.1, 0.15) is 351 Å². The van der Waals surface area contributed by atoms with Crippen LogP contribution in [0.3, 0.4) is 0 Å². The molecule has 19 heteroatoms. The molecule has 0 heterocycles. The molecule has 534 valence electrons. The lowest BCUT2D eigenvalue weighted by Gasteiger charge is -2.21. The summed E-state index contributed by atoms with van der Waals surface area (Å²) >= 11 is 0. The first-order valence-corrected chi connectivity index (χ1v) is 39.8. The van der Waals surface area contributed by atoms with Crippen molar-refractivity contribution in [1.82, 2.24) is 0 Å². The van der Waals surface area contributed by atoms with Crippen molar-refractivity contribution in [2.75, 3.05) is 39.6 Å². The van der Waals surface area contributed by atoms with Gasteiger partial charge in [0.25, 0.3) is 0 Å². The van der Waals surface area contributed by atoms with Gasteiger partial charge in [0.05, 0.1) is 26.4 Å². The summed E-state index contributed by atoms with van der Waals surface area (Å²) in [5.41, 5.74) is 0. The minimum Gasteiger partial charge on any atom is -0.462 e. The average molecular weight is 1330 g/mol. The van der Waals surface area contributed by atoms with E-state index < -0.39 is 97.5 Å². The lowest BCUT2D eigenvalue weighted by Crippen LogP contribution is -2.30. The summed E-state index contributed by atoms with van der Waals surface area (Å²) in [6, 6.07) is 0. The van der Waals surface area contributed by atoms with Crippen molar-refractivity contribution < 1.29 is 80.2 Å². The van der Waals surface area contributed by atoms with Gasteiger partial charge < -0.3 is 33.8 Å². The van der Waals surface area contributed by atoms with Crippen molar-refractivity contribution in [2.45, 2.75) is 369 Å². The second kappa shape index (κ2) is 60.7. The van der Waals surface area contributed by atoms with Gasteiger partial charge in [-0.05, 0) is 49.4 Å². The number of hydrogen-bond donors (Lipinski definition) is 3. The summed E-state index contributed by atoms with van der Waals surface area (Å²) in [6.45, 7) is 14.1. The van der Waals surface area contributed by atoms with Gasteiger partial charge in [0.1, 0.15) is 19.3 Å². The highest BCUT2D eigenvalue weighted by Gasteiger charge is 2.30. The maximum absolute atomic E-state index is 13.0. The third-order valence-corrected chi connectivity index (χ3v) is 18.9. The van der Waals surface area contributed by atoms with Crippen LogP contribution in [0.25, 0.3) is 0 Å². The molecule has 0 aliphatic rings. The standard InChI is InChI=1S/C71H138O17P2/c1-9-63(7)49-41-33-25-20-21-27-38-46-54-71(76)88-66(57-81-68(73)51-43-35-28-22-24-32-40-48-62(5)6)59-85-89(77,78)83-55-65(72)56-84-90(79,80)86-60-67(58-82-69(74)52-44-36-30-29-34-42-50-64(8)10-2)87-70(75)53-45-37-26-19-17-15-13-11-12-14-16-18-23-31-39-47-61(3)4/h61-67,72H,9-60H2,1-8H3,(H,77,78)(H,79,80)/t63?,64?,65?,66-,67-/m1/s1. The summed E-state index contributed by atoms with van der Waals surface area (Å²) in [6.07, 6.45) is 43.2. The number of carbonyl (C=O) groups is 4. The first-order chi connectivity index (χ1) is 43.2. The van der Waals surface area contributed by atoms with E-state index in [1.165, 1.54) is 141 Å². The second-order valence-electron chi connectivity index (χ2n) is 27.1. The van der Waals surface area contributed by atoms with Crippen LogP contribution in [0.4, 0.5) is 0 Å². The van der Waals surface area contributed by atoms with Crippen LogP contribution < -0.4 is 0 Å². The number of esters is 4. The molecule has 0 saturated carbocycles. The molecule has 7 atom stereocenters. The number of rotatable bonds is 68. The van der Waals surface area contributed by atoms with Crippen molar-refractivity contribution in [3.8, 4) is 0 Å². The molecular weight excluding hydrogens is 1190 g/mol. The van der Waals surface area contributed by atoms with Crippen molar-refractivity contribution in [1.29, 1.82) is 0 Å². The Hall–Kier alpha value is -1.94. The molecule has 0 radical (unpaired) electrons. The number of aliphatic hydroxyl groups excluding tert-OH is 1. The lowest BCUT2D eigenvalue weighted by molar-refractivity contribution is -0.161. The molecule has 0 saturated heterocycles. The van der Waals surface area contributed by atoms with E-state index in [-0.39, 0.29) is 25.7 Å². The fourth-order valence-electron chi connectivity index (χ4n) is 10.6. The van der Waals surface area contributed by atoms with E-state index in [1.54, 1.807) is 0 Å². The Kier molecular flexibility index (Phi) is 59.4. The summed E-state index contributed by atoms with van der Waals surface area (Å²) in [5.74, 6) is 0.877. The van der Waals surface area contributed by atoms with Crippen LogP contribution in [-0.2, 0) is 65.4 Å². The molecule has 5 unspecified atom stereocenters. The van der Waals surface area contributed by atoms with E-state index in [0.29, 0.717) is 31.6 Å². The molecule has 0 aromatic heterocycles. The van der Waals surface area contributed by atoms with E-state index in [2.05, 4.69) is 55.4 Å². The molecule has 0 aromatic rings. The van der Waals surface area contributed by atoms with Crippen molar-refractivity contribution in [3.05, 3.63) is 0 Å². The smallest absolute Gasteiger partial charge is 0.462 e. The maximum atomic E-state index is 13.0. The van der Waals surface area contributed by atoms with Gasteiger partial charge >= 0.3 is 39.5 Å². The molecule has 0 spiro atoms. The van der Waals surface area contributed by atoms with Crippen molar-refractivity contribution in [2.24, 2.45) is 23.7 Å². The van der Waals surface area contributed by atoms with Crippen LogP contribution in [0.15, 0.2) is 0 Å². The zero-order valence-corrected chi connectivity index (χ0v) is 60.6. The molecule has 0 bridgehead atoms. The van der Waals surface area contributed by atoms with Gasteiger partial charge in [-0.3, -0.25) is 37.3 Å². The predicted molar refractivity (Wildman–Crippen MR) is 363 cm³/mol. The normalized spacial score (nSPS) is 14.9. The minimum absolute atomic E-state index is 0.104. The van der Waals surface area contributed by atoms with Crippen LogP contribution in [0.5, 0.6) is 0 Å². The van der Waals surface area contributed by atoms with Crippen LogP contribution in [0, 0.1) is 23.7 Å². The Labute approximate surface area is 549 Å². The van der Waals surface area contributed by atoms with Crippen molar-refractivity contribution >= 4 is 39.5 Å². The second-order valence-corrected chi connectivity index (χ2v) is 30.0. The van der Waals surface area contributed by atoms with Crippen LogP contribution in [-0.4, -0.2) is 96.7 Å². The predicted octanol–water partition coefficient (Wildman–Crippen LogP) is 20.1. The Morgan fingerprint density at radius 2 is 0.533 bits per heavy atom. The van der Waals surface area contributed by atoms with E-state index >= 15 is 0 Å².